The van der Waals surface area contributed by atoms with Crippen LogP contribution in [-0.2, 0) is 0 Å². The van der Waals surface area contributed by atoms with E-state index in [1.807, 2.05) is 0 Å². The predicted octanol–water partition coefficient (Wildman–Crippen LogP) is 3.73. The number of allylic oxidation sites excluding steroid dienone is 1. The van der Waals surface area contributed by atoms with Gasteiger partial charge in [-0.2, -0.15) is 30.7 Å². The van der Waals surface area contributed by atoms with E-state index in [0.29, 0.717) is 0 Å². The third-order valence-corrected chi connectivity index (χ3v) is 1.80. The van der Waals surface area contributed by atoms with Gasteiger partial charge in [0.15, 0.2) is 0 Å². The van der Waals surface area contributed by atoms with Crippen molar-refractivity contribution in [3.05, 3.63) is 12.7 Å². The number of hydrogen-bond acceptors (Lipinski definition) is 0. The quantitative estimate of drug-likeness (QED) is 0.522. The fraction of sp³-hybridized carbons (Fsp3) is 0.714. The molecule has 0 aliphatic heterocycles. The number of hydrogen-bond donors (Lipinski definition) is 0. The lowest BCUT2D eigenvalue weighted by atomic mass is 9.93. The van der Waals surface area contributed by atoms with Crippen LogP contribution in [0, 0.1) is 0 Å². The molecule has 90 valence electrons. The minimum Gasteiger partial charge on any atom is -0.227 e. The van der Waals surface area contributed by atoms with Crippen LogP contribution in [0.4, 0.5) is 35.1 Å². The van der Waals surface area contributed by atoms with E-state index < -0.39 is 36.7 Å². The second-order valence-electron chi connectivity index (χ2n) is 2.90. The molecule has 0 N–H and O–H groups in total. The highest BCUT2D eigenvalue weighted by atomic mass is 19.4. The molecule has 0 rings (SSSR count). The SMILES string of the molecule is C=CC(F)(F)C(F)(F)C(C)(F)C(F)(F)F. The van der Waals surface area contributed by atoms with Gasteiger partial charge in [0.25, 0.3) is 5.67 Å². The standard InChI is InChI=1S/C7H6F8/c1-3-5(9,10)6(11,12)4(2,8)7(13,14)15/h3H,1H2,2H3. The van der Waals surface area contributed by atoms with E-state index in [1.54, 1.807) is 0 Å². The zero-order valence-corrected chi connectivity index (χ0v) is 7.31. The molecule has 0 saturated heterocycles. The summed E-state index contributed by atoms with van der Waals surface area (Å²) >= 11 is 0. The van der Waals surface area contributed by atoms with Crippen molar-refractivity contribution in [2.24, 2.45) is 0 Å². The first-order valence-corrected chi connectivity index (χ1v) is 3.46. The molecule has 8 heteroatoms. The van der Waals surface area contributed by atoms with Crippen molar-refractivity contribution < 1.29 is 35.1 Å². The highest BCUT2D eigenvalue weighted by Gasteiger charge is 2.76. The van der Waals surface area contributed by atoms with Crippen molar-refractivity contribution in [3.63, 3.8) is 0 Å². The smallest absolute Gasteiger partial charge is 0.227 e. The zero-order chi connectivity index (χ0) is 12.7. The Morgan fingerprint density at radius 1 is 0.867 bits per heavy atom. The first-order chi connectivity index (χ1) is 6.31. The van der Waals surface area contributed by atoms with E-state index in [2.05, 4.69) is 6.58 Å². The largest absolute Gasteiger partial charge is 0.428 e. The number of halogens is 8. The number of alkyl halides is 8. The lowest BCUT2D eigenvalue weighted by molar-refractivity contribution is -0.337. The van der Waals surface area contributed by atoms with Gasteiger partial charge in [0.05, 0.1) is 0 Å². The lowest BCUT2D eigenvalue weighted by Gasteiger charge is -2.35. The predicted molar refractivity (Wildman–Crippen MR) is 35.7 cm³/mol. The van der Waals surface area contributed by atoms with Gasteiger partial charge >= 0.3 is 18.0 Å². The molecule has 0 aliphatic rings. The Hall–Kier alpha value is -0.820. The Balaban J connectivity index is 5.47. The fourth-order valence-electron chi connectivity index (χ4n) is 0.619. The lowest BCUT2D eigenvalue weighted by Crippen LogP contribution is -2.61. The van der Waals surface area contributed by atoms with Crippen LogP contribution in [-0.4, -0.2) is 23.7 Å². The Morgan fingerprint density at radius 3 is 1.40 bits per heavy atom. The summed E-state index contributed by atoms with van der Waals surface area (Å²) in [5, 5.41) is 0. The fourth-order valence-corrected chi connectivity index (χ4v) is 0.619. The first kappa shape index (κ1) is 14.2. The van der Waals surface area contributed by atoms with Crippen LogP contribution in [0.2, 0.25) is 0 Å². The summed E-state index contributed by atoms with van der Waals surface area (Å²) in [5.74, 6) is -11.2. The van der Waals surface area contributed by atoms with E-state index in [4.69, 9.17) is 0 Å². The summed E-state index contributed by atoms with van der Waals surface area (Å²) in [5.41, 5.74) is -5.34. The highest BCUT2D eigenvalue weighted by Crippen LogP contribution is 2.52. The highest BCUT2D eigenvalue weighted by molar-refractivity contribution is 5.10. The van der Waals surface area contributed by atoms with Gasteiger partial charge in [-0.1, -0.05) is 6.58 Å². The minimum atomic E-state index is -6.11. The van der Waals surface area contributed by atoms with Crippen LogP contribution in [0.5, 0.6) is 0 Å². The zero-order valence-electron chi connectivity index (χ0n) is 7.31. The molecule has 0 amide bonds. The monoisotopic (exact) mass is 242 g/mol. The molecule has 0 fully saturated rings. The summed E-state index contributed by atoms with van der Waals surface area (Å²) in [7, 11) is 0. The van der Waals surface area contributed by atoms with Crippen LogP contribution in [0.1, 0.15) is 6.92 Å². The molecule has 0 aliphatic carbocycles. The molecule has 1 atom stereocenters. The van der Waals surface area contributed by atoms with Crippen LogP contribution in [0.3, 0.4) is 0 Å². The molecule has 0 bridgehead atoms. The van der Waals surface area contributed by atoms with E-state index in [0.717, 1.165) is 0 Å². The van der Waals surface area contributed by atoms with Crippen molar-refractivity contribution in [2.75, 3.05) is 0 Å². The maximum Gasteiger partial charge on any atom is 0.428 e. The van der Waals surface area contributed by atoms with Gasteiger partial charge < -0.3 is 0 Å². The normalized spacial score (nSPS) is 18.5. The van der Waals surface area contributed by atoms with E-state index in [1.165, 1.54) is 0 Å². The second-order valence-corrected chi connectivity index (χ2v) is 2.90. The van der Waals surface area contributed by atoms with E-state index in [9.17, 15) is 35.1 Å². The summed E-state index contributed by atoms with van der Waals surface area (Å²) in [6.07, 6.45) is -6.83. The summed E-state index contributed by atoms with van der Waals surface area (Å²) < 4.78 is 97.8. The molecule has 0 aromatic heterocycles. The Bertz CT molecular complexity index is 248. The molecule has 15 heavy (non-hydrogen) atoms. The molecule has 0 aromatic rings. The molecule has 0 aromatic carbocycles. The minimum absolute atomic E-state index is 0.648. The van der Waals surface area contributed by atoms with Crippen LogP contribution >= 0.6 is 0 Å². The molecular formula is C7H6F8. The third-order valence-electron chi connectivity index (χ3n) is 1.80. The van der Waals surface area contributed by atoms with Crippen molar-refractivity contribution in [3.8, 4) is 0 Å². The Kier molecular flexibility index (Phi) is 3.16. The van der Waals surface area contributed by atoms with Gasteiger partial charge in [-0.15, -0.1) is 0 Å². The topological polar surface area (TPSA) is 0 Å². The van der Waals surface area contributed by atoms with Gasteiger partial charge in [-0.25, -0.2) is 4.39 Å². The molecule has 0 spiro atoms. The summed E-state index contributed by atoms with van der Waals surface area (Å²) in [4.78, 5) is 0. The first-order valence-electron chi connectivity index (χ1n) is 3.46. The Morgan fingerprint density at radius 2 is 1.20 bits per heavy atom. The molecule has 0 saturated carbocycles. The maximum atomic E-state index is 12.7. The van der Waals surface area contributed by atoms with Crippen molar-refractivity contribution in [2.45, 2.75) is 30.6 Å². The molecule has 0 radical (unpaired) electrons. The van der Waals surface area contributed by atoms with Crippen molar-refractivity contribution in [1.82, 2.24) is 0 Å². The molecule has 1 unspecified atom stereocenters. The molecule has 0 nitrogen and oxygen atoms in total. The molecular weight excluding hydrogens is 236 g/mol. The Labute approximate surface area is 79.6 Å². The maximum absolute atomic E-state index is 12.7. The van der Waals surface area contributed by atoms with E-state index in [-0.39, 0.29) is 0 Å². The van der Waals surface area contributed by atoms with Gasteiger partial charge in [-0.3, -0.25) is 0 Å². The molecule has 0 heterocycles. The van der Waals surface area contributed by atoms with Crippen LogP contribution in [0.15, 0.2) is 12.7 Å². The third kappa shape index (κ3) is 1.93. The van der Waals surface area contributed by atoms with E-state index >= 15 is 0 Å². The van der Waals surface area contributed by atoms with Crippen molar-refractivity contribution >= 4 is 0 Å². The van der Waals surface area contributed by atoms with Crippen LogP contribution in [0.25, 0.3) is 0 Å². The van der Waals surface area contributed by atoms with Crippen molar-refractivity contribution in [1.29, 1.82) is 0 Å². The second kappa shape index (κ2) is 3.34. The van der Waals surface area contributed by atoms with Gasteiger partial charge in [0.1, 0.15) is 0 Å². The average Bonchev–Trinajstić information content (AvgIpc) is 2.01. The summed E-state index contributed by atoms with van der Waals surface area (Å²) in [6.45, 7) is 1.58. The number of rotatable bonds is 3. The van der Waals surface area contributed by atoms with Gasteiger partial charge in [0.2, 0.25) is 0 Å². The van der Waals surface area contributed by atoms with Crippen LogP contribution < -0.4 is 0 Å². The van der Waals surface area contributed by atoms with Gasteiger partial charge in [0, 0.05) is 0 Å². The summed E-state index contributed by atoms with van der Waals surface area (Å²) in [6, 6.07) is 0. The van der Waals surface area contributed by atoms with Gasteiger partial charge in [-0.05, 0) is 13.0 Å². The average molecular weight is 242 g/mol.